The molecule has 1 aromatic heterocycles. The number of aromatic nitrogens is 2. The molecule has 0 atom stereocenters. The fourth-order valence-electron chi connectivity index (χ4n) is 2.86. The number of carbonyl (C=O) groups excluding carboxylic acids is 2. The second kappa shape index (κ2) is 8.14. The normalized spacial score (nSPS) is 14.1. The summed E-state index contributed by atoms with van der Waals surface area (Å²) in [5.74, 6) is -0.521. The zero-order valence-electron chi connectivity index (χ0n) is 14.3. The molecule has 1 aliphatic carbocycles. The van der Waals surface area contributed by atoms with Gasteiger partial charge in [-0.1, -0.05) is 24.4 Å². The second-order valence-corrected chi connectivity index (χ2v) is 6.44. The molecule has 0 saturated heterocycles. The van der Waals surface area contributed by atoms with Crippen LogP contribution in [0.25, 0.3) is 0 Å². The van der Waals surface area contributed by atoms with Gasteiger partial charge in [0.15, 0.2) is 0 Å². The first-order valence-electron chi connectivity index (χ1n) is 8.35. The molecule has 2 aromatic rings. The van der Waals surface area contributed by atoms with Crippen molar-refractivity contribution in [2.75, 3.05) is 17.7 Å². The molecule has 3 rings (SSSR count). The van der Waals surface area contributed by atoms with Crippen LogP contribution in [0.15, 0.2) is 30.5 Å². The van der Waals surface area contributed by atoms with Crippen LogP contribution in [0.4, 0.5) is 11.6 Å². The van der Waals surface area contributed by atoms with E-state index in [1.54, 1.807) is 0 Å². The minimum absolute atomic E-state index is 0.208. The van der Waals surface area contributed by atoms with Crippen molar-refractivity contribution in [1.29, 1.82) is 0 Å². The van der Waals surface area contributed by atoms with E-state index in [1.807, 2.05) is 0 Å². The Bertz CT molecular complexity index is 822. The molecular formula is C18H19ClN4O3. The van der Waals surface area contributed by atoms with E-state index in [1.165, 1.54) is 50.4 Å². The lowest BCUT2D eigenvalue weighted by molar-refractivity contribution is 0.0600. The molecule has 1 amide bonds. The average Bonchev–Trinajstić information content (AvgIpc) is 3.16. The van der Waals surface area contributed by atoms with Crippen molar-refractivity contribution in [3.8, 4) is 0 Å². The van der Waals surface area contributed by atoms with Crippen LogP contribution in [0.3, 0.4) is 0 Å². The Morgan fingerprint density at radius 3 is 2.73 bits per heavy atom. The summed E-state index contributed by atoms with van der Waals surface area (Å²) in [6.07, 6.45) is 6.07. The SMILES string of the molecule is COC(=O)c1ccc(Cl)c(NC(=O)c2ccnc(NC3CCCC3)n2)c1. The molecule has 1 saturated carbocycles. The largest absolute Gasteiger partial charge is 0.465 e. The highest BCUT2D eigenvalue weighted by Gasteiger charge is 2.17. The smallest absolute Gasteiger partial charge is 0.337 e. The van der Waals surface area contributed by atoms with Gasteiger partial charge in [-0.3, -0.25) is 4.79 Å². The van der Waals surface area contributed by atoms with Gasteiger partial charge in [0.25, 0.3) is 5.91 Å². The number of halogens is 1. The van der Waals surface area contributed by atoms with Gasteiger partial charge in [0.1, 0.15) is 5.69 Å². The number of rotatable bonds is 5. The molecule has 136 valence electrons. The molecule has 1 aliphatic rings. The van der Waals surface area contributed by atoms with Gasteiger partial charge >= 0.3 is 5.97 Å². The summed E-state index contributed by atoms with van der Waals surface area (Å²) >= 11 is 6.11. The maximum absolute atomic E-state index is 12.5. The van der Waals surface area contributed by atoms with Gasteiger partial charge in [-0.05, 0) is 37.1 Å². The summed E-state index contributed by atoms with van der Waals surface area (Å²) in [7, 11) is 1.29. The number of benzene rings is 1. The van der Waals surface area contributed by atoms with Crippen LogP contribution in [-0.2, 0) is 4.74 Å². The number of hydrogen-bond donors (Lipinski definition) is 2. The summed E-state index contributed by atoms with van der Waals surface area (Å²) in [5, 5.41) is 6.23. The number of ether oxygens (including phenoxy) is 1. The molecule has 0 radical (unpaired) electrons. The number of nitrogens with zero attached hydrogens (tertiary/aromatic N) is 2. The van der Waals surface area contributed by atoms with Crippen LogP contribution in [0.2, 0.25) is 5.02 Å². The zero-order chi connectivity index (χ0) is 18.5. The number of carbonyl (C=O) groups is 2. The summed E-state index contributed by atoms with van der Waals surface area (Å²) in [4.78, 5) is 32.6. The Kier molecular flexibility index (Phi) is 5.68. The van der Waals surface area contributed by atoms with Crippen LogP contribution in [0, 0.1) is 0 Å². The minimum atomic E-state index is -0.512. The summed E-state index contributed by atoms with van der Waals surface area (Å²) in [6.45, 7) is 0. The average molecular weight is 375 g/mol. The van der Waals surface area contributed by atoms with E-state index in [-0.39, 0.29) is 5.69 Å². The molecule has 0 bridgehead atoms. The number of nitrogens with one attached hydrogen (secondary N) is 2. The van der Waals surface area contributed by atoms with Gasteiger partial charge in [0, 0.05) is 12.2 Å². The monoisotopic (exact) mass is 374 g/mol. The zero-order valence-corrected chi connectivity index (χ0v) is 15.0. The van der Waals surface area contributed by atoms with Crippen molar-refractivity contribution in [2.45, 2.75) is 31.7 Å². The Morgan fingerprint density at radius 1 is 1.23 bits per heavy atom. The van der Waals surface area contributed by atoms with Gasteiger partial charge in [-0.2, -0.15) is 0 Å². The van der Waals surface area contributed by atoms with Crippen molar-refractivity contribution >= 4 is 35.1 Å². The highest BCUT2D eigenvalue weighted by Crippen LogP contribution is 2.24. The van der Waals surface area contributed by atoms with Gasteiger partial charge in [-0.15, -0.1) is 0 Å². The fourth-order valence-corrected chi connectivity index (χ4v) is 3.02. The third-order valence-electron chi connectivity index (χ3n) is 4.21. The molecule has 1 fully saturated rings. The molecule has 26 heavy (non-hydrogen) atoms. The van der Waals surface area contributed by atoms with Crippen LogP contribution in [-0.4, -0.2) is 35.0 Å². The summed E-state index contributed by atoms with van der Waals surface area (Å²) in [5.41, 5.74) is 0.807. The minimum Gasteiger partial charge on any atom is -0.465 e. The number of amides is 1. The van der Waals surface area contributed by atoms with E-state index >= 15 is 0 Å². The third-order valence-corrected chi connectivity index (χ3v) is 4.54. The predicted molar refractivity (Wildman–Crippen MR) is 98.7 cm³/mol. The summed E-state index contributed by atoms with van der Waals surface area (Å²) < 4.78 is 4.68. The molecular weight excluding hydrogens is 356 g/mol. The van der Waals surface area contributed by atoms with Crippen LogP contribution < -0.4 is 10.6 Å². The van der Waals surface area contributed by atoms with E-state index in [0.717, 1.165) is 12.8 Å². The lowest BCUT2D eigenvalue weighted by atomic mass is 10.2. The van der Waals surface area contributed by atoms with Gasteiger partial charge in [0.05, 0.1) is 23.4 Å². The first-order valence-corrected chi connectivity index (χ1v) is 8.73. The Hall–Kier alpha value is -2.67. The van der Waals surface area contributed by atoms with E-state index in [9.17, 15) is 9.59 Å². The lowest BCUT2D eigenvalue weighted by Gasteiger charge is -2.12. The Morgan fingerprint density at radius 2 is 2.00 bits per heavy atom. The molecule has 8 heteroatoms. The summed E-state index contributed by atoms with van der Waals surface area (Å²) in [6, 6.07) is 6.38. The van der Waals surface area contributed by atoms with Crippen LogP contribution in [0.1, 0.15) is 46.5 Å². The van der Waals surface area contributed by atoms with Crippen molar-refractivity contribution in [3.05, 3.63) is 46.7 Å². The van der Waals surface area contributed by atoms with Gasteiger partial charge in [-0.25, -0.2) is 14.8 Å². The third kappa shape index (κ3) is 4.29. The number of anilines is 2. The Labute approximate surface area is 156 Å². The quantitative estimate of drug-likeness (QED) is 0.778. The predicted octanol–water partition coefficient (Wildman–Crippen LogP) is 3.52. The molecule has 0 spiro atoms. The van der Waals surface area contributed by atoms with Gasteiger partial charge in [0.2, 0.25) is 5.95 Å². The maximum Gasteiger partial charge on any atom is 0.337 e. The number of methoxy groups -OCH3 is 1. The van der Waals surface area contributed by atoms with Crippen molar-refractivity contribution in [2.24, 2.45) is 0 Å². The molecule has 1 aromatic carbocycles. The maximum atomic E-state index is 12.5. The van der Waals surface area contributed by atoms with E-state index in [2.05, 4.69) is 25.3 Å². The first kappa shape index (κ1) is 18.1. The van der Waals surface area contributed by atoms with Crippen LogP contribution in [0.5, 0.6) is 0 Å². The topological polar surface area (TPSA) is 93.2 Å². The molecule has 7 nitrogen and oxygen atoms in total. The van der Waals surface area contributed by atoms with Crippen molar-refractivity contribution < 1.29 is 14.3 Å². The van der Waals surface area contributed by atoms with Crippen molar-refractivity contribution in [3.63, 3.8) is 0 Å². The molecule has 2 N–H and O–H groups in total. The lowest BCUT2D eigenvalue weighted by Crippen LogP contribution is -2.19. The van der Waals surface area contributed by atoms with E-state index in [0.29, 0.717) is 28.3 Å². The molecule has 0 aliphatic heterocycles. The first-order chi connectivity index (χ1) is 12.6. The number of esters is 1. The second-order valence-electron chi connectivity index (χ2n) is 6.03. The standard InChI is InChI=1S/C18H19ClN4O3/c1-26-17(25)11-6-7-13(19)15(10-11)22-16(24)14-8-9-20-18(23-14)21-12-4-2-3-5-12/h6-10,12H,2-5H2,1H3,(H,22,24)(H,20,21,23). The van der Waals surface area contributed by atoms with E-state index < -0.39 is 11.9 Å². The molecule has 1 heterocycles. The fraction of sp³-hybridized carbons (Fsp3) is 0.333. The van der Waals surface area contributed by atoms with Crippen LogP contribution >= 0.6 is 11.6 Å². The highest BCUT2D eigenvalue weighted by atomic mass is 35.5. The number of hydrogen-bond acceptors (Lipinski definition) is 6. The highest BCUT2D eigenvalue weighted by molar-refractivity contribution is 6.34. The molecule has 0 unspecified atom stereocenters. The van der Waals surface area contributed by atoms with E-state index in [4.69, 9.17) is 11.6 Å². The van der Waals surface area contributed by atoms with Gasteiger partial charge < -0.3 is 15.4 Å². The van der Waals surface area contributed by atoms with Crippen molar-refractivity contribution in [1.82, 2.24) is 9.97 Å². The Balaban J connectivity index is 1.74.